The topological polar surface area (TPSA) is 54.0 Å². The fourth-order valence-electron chi connectivity index (χ4n) is 2.32. The molecule has 120 valence electrons. The van der Waals surface area contributed by atoms with E-state index in [9.17, 15) is 4.79 Å². The molecule has 1 heterocycles. The number of hydrogen-bond acceptors (Lipinski definition) is 3. The lowest BCUT2D eigenvalue weighted by molar-refractivity contribution is 0.0977. The van der Waals surface area contributed by atoms with Gasteiger partial charge in [-0.2, -0.15) is 0 Å². The molecular weight excluding hydrogens is 342 g/mol. The number of hydrogen-bond donors (Lipinski definition) is 2. The highest BCUT2D eigenvalue weighted by atomic mass is 35.5. The van der Waals surface area contributed by atoms with E-state index in [4.69, 9.17) is 23.8 Å². The minimum absolute atomic E-state index is 0.216. The Morgan fingerprint density at radius 2 is 1.92 bits per heavy atom. The molecule has 0 fully saturated rings. The second-order valence-electron chi connectivity index (χ2n) is 5.24. The van der Waals surface area contributed by atoms with E-state index in [-0.39, 0.29) is 11.0 Å². The van der Waals surface area contributed by atoms with Crippen molar-refractivity contribution >= 4 is 51.4 Å². The van der Waals surface area contributed by atoms with Gasteiger partial charge in [0.15, 0.2) is 5.11 Å². The monoisotopic (exact) mass is 355 g/mol. The van der Waals surface area contributed by atoms with Crippen LogP contribution < -0.4 is 10.6 Å². The zero-order valence-electron chi connectivity index (χ0n) is 12.8. The molecule has 2 aromatic carbocycles. The lowest BCUT2D eigenvalue weighted by atomic mass is 10.1. The molecule has 0 aliphatic heterocycles. The number of nitrogens with one attached hydrogen (secondary N) is 2. The van der Waals surface area contributed by atoms with Gasteiger partial charge in [-0.05, 0) is 61.6 Å². The lowest BCUT2D eigenvalue weighted by Crippen LogP contribution is -2.34. The summed E-state index contributed by atoms with van der Waals surface area (Å²) in [6.07, 6.45) is 0. The van der Waals surface area contributed by atoms with Gasteiger partial charge in [-0.15, -0.1) is 0 Å². The maximum atomic E-state index is 12.2. The average molecular weight is 356 g/mol. The van der Waals surface area contributed by atoms with Crippen molar-refractivity contribution in [1.82, 2.24) is 10.3 Å². The summed E-state index contributed by atoms with van der Waals surface area (Å²) in [5, 5.41) is 7.34. The summed E-state index contributed by atoms with van der Waals surface area (Å²) in [6.45, 7) is 1.94. The molecule has 0 saturated carbocycles. The van der Waals surface area contributed by atoms with E-state index >= 15 is 0 Å². The van der Waals surface area contributed by atoms with Crippen LogP contribution in [0.4, 0.5) is 5.69 Å². The van der Waals surface area contributed by atoms with Gasteiger partial charge in [0, 0.05) is 27.4 Å². The van der Waals surface area contributed by atoms with Crippen molar-refractivity contribution in [2.24, 2.45) is 0 Å². The summed E-state index contributed by atoms with van der Waals surface area (Å²) < 4.78 is 0. The van der Waals surface area contributed by atoms with Crippen molar-refractivity contribution in [3.05, 3.63) is 70.9 Å². The maximum Gasteiger partial charge on any atom is 0.257 e. The first-order valence-electron chi connectivity index (χ1n) is 7.27. The fraction of sp³-hybridized carbons (Fsp3) is 0.0556. The van der Waals surface area contributed by atoms with Crippen LogP contribution in [0, 0.1) is 6.92 Å². The number of aromatic nitrogens is 1. The average Bonchev–Trinajstić information content (AvgIpc) is 2.54. The molecule has 0 radical (unpaired) electrons. The number of rotatable bonds is 2. The summed E-state index contributed by atoms with van der Waals surface area (Å²) >= 11 is 11.1. The molecule has 0 spiro atoms. The third-order valence-electron chi connectivity index (χ3n) is 3.43. The molecule has 2 N–H and O–H groups in total. The van der Waals surface area contributed by atoms with E-state index in [0.717, 1.165) is 22.3 Å². The summed E-state index contributed by atoms with van der Waals surface area (Å²) in [5.74, 6) is -0.316. The normalized spacial score (nSPS) is 10.4. The highest BCUT2D eigenvalue weighted by Crippen LogP contribution is 2.22. The predicted octanol–water partition coefficient (Wildman–Crippen LogP) is 4.32. The van der Waals surface area contributed by atoms with Gasteiger partial charge in [0.25, 0.3) is 5.91 Å². The Balaban J connectivity index is 1.77. The van der Waals surface area contributed by atoms with E-state index in [0.29, 0.717) is 10.6 Å². The molecule has 3 aromatic rings. The number of carbonyl (C=O) groups excluding carboxylic acids is 1. The Bertz CT molecular complexity index is 942. The molecule has 0 unspecified atom stereocenters. The summed E-state index contributed by atoms with van der Waals surface area (Å²) in [6, 6.07) is 16.3. The van der Waals surface area contributed by atoms with Gasteiger partial charge in [0.1, 0.15) is 0 Å². The second kappa shape index (κ2) is 6.95. The van der Waals surface area contributed by atoms with Crippen LogP contribution in [-0.2, 0) is 0 Å². The lowest BCUT2D eigenvalue weighted by Gasteiger charge is -2.12. The van der Waals surface area contributed by atoms with Gasteiger partial charge in [-0.1, -0.05) is 23.7 Å². The molecule has 6 heteroatoms. The summed E-state index contributed by atoms with van der Waals surface area (Å²) in [7, 11) is 0. The van der Waals surface area contributed by atoms with Crippen molar-refractivity contribution in [3.63, 3.8) is 0 Å². The van der Waals surface area contributed by atoms with Crippen LogP contribution in [0.15, 0.2) is 54.6 Å². The molecule has 24 heavy (non-hydrogen) atoms. The zero-order chi connectivity index (χ0) is 17.1. The highest BCUT2D eigenvalue weighted by molar-refractivity contribution is 7.80. The predicted molar refractivity (Wildman–Crippen MR) is 102 cm³/mol. The Labute approximate surface area is 149 Å². The van der Waals surface area contributed by atoms with Crippen molar-refractivity contribution in [1.29, 1.82) is 0 Å². The van der Waals surface area contributed by atoms with Crippen LogP contribution >= 0.6 is 23.8 Å². The van der Waals surface area contributed by atoms with Crippen LogP contribution in [0.2, 0.25) is 5.02 Å². The molecule has 1 aromatic heterocycles. The minimum Gasteiger partial charge on any atom is -0.332 e. The smallest absolute Gasteiger partial charge is 0.257 e. The van der Waals surface area contributed by atoms with Crippen molar-refractivity contribution in [3.8, 4) is 0 Å². The zero-order valence-corrected chi connectivity index (χ0v) is 14.4. The van der Waals surface area contributed by atoms with Gasteiger partial charge < -0.3 is 5.32 Å². The third kappa shape index (κ3) is 3.69. The van der Waals surface area contributed by atoms with Gasteiger partial charge >= 0.3 is 0 Å². The molecule has 0 aliphatic carbocycles. The van der Waals surface area contributed by atoms with Crippen LogP contribution in [-0.4, -0.2) is 16.0 Å². The number of halogens is 1. The SMILES string of the molecule is Cc1ccc2c(NC(=S)NC(=O)c3cccc(Cl)c3)cccc2n1. The standard InChI is InChI=1S/C18H14ClN3OS/c1-11-8-9-14-15(20-11)6-3-7-16(14)21-18(24)22-17(23)12-4-2-5-13(19)10-12/h2-10H,1H3,(H2,21,22,23,24). The Morgan fingerprint density at radius 1 is 1.12 bits per heavy atom. The number of benzene rings is 2. The first-order chi connectivity index (χ1) is 11.5. The van der Waals surface area contributed by atoms with Gasteiger partial charge in [0.05, 0.1) is 5.52 Å². The number of anilines is 1. The van der Waals surface area contributed by atoms with Crippen molar-refractivity contribution < 1.29 is 4.79 Å². The molecular formula is C18H14ClN3OS. The van der Waals surface area contributed by atoms with Gasteiger partial charge in [0.2, 0.25) is 0 Å². The van der Waals surface area contributed by atoms with Crippen molar-refractivity contribution in [2.75, 3.05) is 5.32 Å². The number of thiocarbonyl (C=S) groups is 1. The van der Waals surface area contributed by atoms with Gasteiger partial charge in [-0.25, -0.2) is 0 Å². The maximum absolute atomic E-state index is 12.2. The number of nitrogens with zero attached hydrogens (tertiary/aromatic N) is 1. The van der Waals surface area contributed by atoms with Crippen LogP contribution in [0.5, 0.6) is 0 Å². The number of aryl methyl sites for hydroxylation is 1. The van der Waals surface area contributed by atoms with Crippen LogP contribution in [0.1, 0.15) is 16.1 Å². The molecule has 0 saturated heterocycles. The Hall–Kier alpha value is -2.50. The highest BCUT2D eigenvalue weighted by Gasteiger charge is 2.09. The van der Waals surface area contributed by atoms with Crippen LogP contribution in [0.25, 0.3) is 10.9 Å². The summed E-state index contributed by atoms with van der Waals surface area (Å²) in [5.41, 5.74) is 3.04. The Morgan fingerprint density at radius 3 is 2.71 bits per heavy atom. The molecule has 3 rings (SSSR count). The quantitative estimate of drug-likeness (QED) is 0.672. The number of fused-ring (bicyclic) bond motifs is 1. The molecule has 1 amide bonds. The third-order valence-corrected chi connectivity index (χ3v) is 3.87. The van der Waals surface area contributed by atoms with Crippen LogP contribution in [0.3, 0.4) is 0 Å². The molecule has 4 nitrogen and oxygen atoms in total. The number of amides is 1. The Kier molecular flexibility index (Phi) is 4.74. The first kappa shape index (κ1) is 16.4. The van der Waals surface area contributed by atoms with E-state index < -0.39 is 0 Å². The van der Waals surface area contributed by atoms with E-state index in [1.54, 1.807) is 24.3 Å². The minimum atomic E-state index is -0.316. The summed E-state index contributed by atoms with van der Waals surface area (Å²) in [4.78, 5) is 16.7. The fourth-order valence-corrected chi connectivity index (χ4v) is 2.72. The second-order valence-corrected chi connectivity index (χ2v) is 6.09. The largest absolute Gasteiger partial charge is 0.332 e. The van der Waals surface area contributed by atoms with E-state index in [1.807, 2.05) is 37.3 Å². The number of carbonyl (C=O) groups is 1. The van der Waals surface area contributed by atoms with Crippen molar-refractivity contribution in [2.45, 2.75) is 6.92 Å². The molecule has 0 bridgehead atoms. The first-order valence-corrected chi connectivity index (χ1v) is 8.06. The van der Waals surface area contributed by atoms with E-state index in [2.05, 4.69) is 15.6 Å². The molecule has 0 aliphatic rings. The number of pyridine rings is 1. The molecule has 0 atom stereocenters. The van der Waals surface area contributed by atoms with Gasteiger partial charge in [-0.3, -0.25) is 15.1 Å². The van der Waals surface area contributed by atoms with E-state index in [1.165, 1.54) is 0 Å².